The maximum Gasteiger partial charge on any atom is 0.328 e. The lowest BCUT2D eigenvalue weighted by molar-refractivity contribution is -0.179. The fraction of sp³-hybridized carbons (Fsp3) is 0.757. The number of methoxy groups -OCH3 is 1. The third-order valence-corrected chi connectivity index (χ3v) is 13.7. The molecule has 5 aliphatic carbocycles. The molecular formula is C37H52N2O5. The third kappa shape index (κ3) is 4.25. The first-order chi connectivity index (χ1) is 20.3. The van der Waals surface area contributed by atoms with E-state index in [1.54, 1.807) is 0 Å². The van der Waals surface area contributed by atoms with Gasteiger partial charge in [0.1, 0.15) is 12.1 Å². The Morgan fingerprint density at radius 2 is 1.64 bits per heavy atom. The number of rotatable bonds is 4. The zero-order valence-electron chi connectivity index (χ0n) is 28.5. The van der Waals surface area contributed by atoms with Gasteiger partial charge >= 0.3 is 5.97 Å². The van der Waals surface area contributed by atoms with Crippen molar-refractivity contribution in [1.82, 2.24) is 5.32 Å². The molecule has 240 valence electrons. The number of nitrogens with one attached hydrogen (secondary N) is 1. The molecule has 3 saturated carbocycles. The molecule has 0 aromatic rings. The summed E-state index contributed by atoms with van der Waals surface area (Å²) in [5.41, 5.74) is -1.59. The third-order valence-electron chi connectivity index (χ3n) is 13.7. The van der Waals surface area contributed by atoms with Crippen LogP contribution in [-0.4, -0.2) is 36.6 Å². The molecule has 1 N–H and O–H groups in total. The van der Waals surface area contributed by atoms with Crippen molar-refractivity contribution in [2.75, 3.05) is 7.11 Å². The van der Waals surface area contributed by atoms with Gasteiger partial charge in [-0.3, -0.25) is 14.4 Å². The minimum atomic E-state index is -0.745. The van der Waals surface area contributed by atoms with Crippen LogP contribution in [0.2, 0.25) is 0 Å². The summed E-state index contributed by atoms with van der Waals surface area (Å²) in [5, 5.41) is 13.1. The number of nitriles is 1. The fourth-order valence-electron chi connectivity index (χ4n) is 10.9. The van der Waals surface area contributed by atoms with Gasteiger partial charge in [-0.15, -0.1) is 0 Å². The lowest BCUT2D eigenvalue weighted by Crippen LogP contribution is -2.67. The molecule has 44 heavy (non-hydrogen) atoms. The Morgan fingerprint density at radius 3 is 2.23 bits per heavy atom. The second-order valence-electron chi connectivity index (χ2n) is 17.1. The number of esters is 1. The zero-order chi connectivity index (χ0) is 32.8. The molecule has 0 aliphatic heterocycles. The number of ether oxygens (including phenoxy) is 1. The van der Waals surface area contributed by atoms with Gasteiger partial charge in [0.05, 0.1) is 18.1 Å². The lowest BCUT2D eigenvalue weighted by atomic mass is 9.34. The SMILES string of the molecule is COC(=O)[C@@H](NC(=O)[C@]12CCC(C)(C)C[C@H]1[C@H]1C(=O)C=C3[C@@]4(C)C=C(C#N)C(=O)C(C)(C)[C@@H]4CC[C@@]3(C)[C@]1(C)CC2)C(C)C. The number of Topliss-reactive ketones (excluding diaryl/α,β-unsaturated/α-hetero) is 1. The quantitative estimate of drug-likeness (QED) is 0.366. The van der Waals surface area contributed by atoms with Gasteiger partial charge in [-0.1, -0.05) is 74.0 Å². The van der Waals surface area contributed by atoms with Crippen LogP contribution in [0, 0.1) is 67.5 Å². The van der Waals surface area contributed by atoms with E-state index in [0.29, 0.717) is 19.3 Å². The van der Waals surface area contributed by atoms with E-state index in [4.69, 9.17) is 4.74 Å². The van der Waals surface area contributed by atoms with Crippen LogP contribution < -0.4 is 5.32 Å². The van der Waals surface area contributed by atoms with Gasteiger partial charge in [-0.05, 0) is 85.0 Å². The summed E-state index contributed by atoms with van der Waals surface area (Å²) in [6.07, 6.45) is 9.09. The van der Waals surface area contributed by atoms with Crippen LogP contribution in [0.4, 0.5) is 0 Å². The molecule has 0 spiro atoms. The zero-order valence-corrected chi connectivity index (χ0v) is 28.5. The second-order valence-corrected chi connectivity index (χ2v) is 17.1. The molecule has 0 saturated heterocycles. The highest BCUT2D eigenvalue weighted by Gasteiger charge is 2.71. The van der Waals surface area contributed by atoms with Gasteiger partial charge in [-0.25, -0.2) is 4.79 Å². The van der Waals surface area contributed by atoms with Crippen molar-refractivity contribution in [2.45, 2.75) is 113 Å². The van der Waals surface area contributed by atoms with Crippen molar-refractivity contribution in [1.29, 1.82) is 5.26 Å². The number of allylic oxidation sites excluding steroid dienone is 4. The van der Waals surface area contributed by atoms with E-state index >= 15 is 0 Å². The molecule has 5 aliphatic rings. The molecule has 3 fully saturated rings. The first kappa shape index (κ1) is 32.6. The number of nitrogens with zero attached hydrogens (tertiary/aromatic N) is 1. The molecule has 0 aromatic carbocycles. The van der Waals surface area contributed by atoms with Gasteiger partial charge < -0.3 is 10.1 Å². The first-order valence-electron chi connectivity index (χ1n) is 16.6. The topological polar surface area (TPSA) is 113 Å². The van der Waals surface area contributed by atoms with Crippen LogP contribution in [0.15, 0.2) is 23.3 Å². The number of carbonyl (C=O) groups excluding carboxylic acids is 4. The van der Waals surface area contributed by atoms with Crippen molar-refractivity contribution < 1.29 is 23.9 Å². The molecule has 0 radical (unpaired) electrons. The van der Waals surface area contributed by atoms with Crippen LogP contribution in [0.25, 0.3) is 0 Å². The Kier molecular flexibility index (Phi) is 7.51. The second kappa shape index (κ2) is 10.1. The van der Waals surface area contributed by atoms with Crippen molar-refractivity contribution in [3.8, 4) is 6.07 Å². The van der Waals surface area contributed by atoms with E-state index in [9.17, 15) is 24.4 Å². The summed E-state index contributed by atoms with van der Waals surface area (Å²) in [5.74, 6) is -1.28. The van der Waals surface area contributed by atoms with Crippen molar-refractivity contribution in [3.63, 3.8) is 0 Å². The Labute approximate surface area is 263 Å². The van der Waals surface area contributed by atoms with Crippen molar-refractivity contribution in [2.24, 2.45) is 56.2 Å². The summed E-state index contributed by atoms with van der Waals surface area (Å²) in [4.78, 5) is 55.1. The number of hydrogen-bond acceptors (Lipinski definition) is 6. The summed E-state index contributed by atoms with van der Waals surface area (Å²) in [6, 6.07) is 1.43. The molecule has 5 rings (SSSR count). The van der Waals surface area contributed by atoms with E-state index in [0.717, 1.165) is 31.3 Å². The predicted octanol–water partition coefficient (Wildman–Crippen LogP) is 6.52. The Hall–Kier alpha value is -2.75. The number of hydrogen-bond donors (Lipinski definition) is 1. The van der Waals surface area contributed by atoms with Gasteiger partial charge in [0.15, 0.2) is 11.6 Å². The van der Waals surface area contributed by atoms with E-state index in [2.05, 4.69) is 46.0 Å². The lowest BCUT2D eigenvalue weighted by Gasteiger charge is -2.69. The molecule has 1 amide bonds. The first-order valence-corrected chi connectivity index (χ1v) is 16.6. The van der Waals surface area contributed by atoms with Gasteiger partial charge in [0, 0.05) is 16.7 Å². The van der Waals surface area contributed by atoms with E-state index in [1.807, 2.05) is 39.8 Å². The summed E-state index contributed by atoms with van der Waals surface area (Å²) < 4.78 is 5.05. The molecule has 0 heterocycles. The predicted molar refractivity (Wildman–Crippen MR) is 168 cm³/mol. The summed E-state index contributed by atoms with van der Waals surface area (Å²) in [6.45, 7) is 18.9. The Balaban J connectivity index is 1.64. The minimum Gasteiger partial charge on any atom is -0.467 e. The molecule has 8 atom stereocenters. The monoisotopic (exact) mass is 604 g/mol. The standard InChI is InChI=1S/C37H52N2O5/c1-21(2)28(30(42)44-10)39-31(43)37-15-13-32(3,4)19-23(37)27-24(40)17-26-34(7)18-22(20-38)29(41)33(5,6)25(34)11-12-35(26,8)36(27,9)14-16-37/h17-18,21,23,25,27-28H,11-16,19H2,1-10H3,(H,39,43)/t23-,25-,27-,28-,34-,35+,36+,37-/m0/s1. The average molecular weight is 605 g/mol. The Morgan fingerprint density at radius 1 is 1.00 bits per heavy atom. The van der Waals surface area contributed by atoms with Crippen LogP contribution in [0.3, 0.4) is 0 Å². The Bertz CT molecular complexity index is 1410. The molecule has 7 heteroatoms. The molecule has 0 bridgehead atoms. The minimum absolute atomic E-state index is 0.0137. The van der Waals surface area contributed by atoms with Crippen molar-refractivity contribution in [3.05, 3.63) is 23.3 Å². The van der Waals surface area contributed by atoms with Gasteiger partial charge in [0.25, 0.3) is 0 Å². The summed E-state index contributed by atoms with van der Waals surface area (Å²) >= 11 is 0. The normalized spacial score (nSPS) is 41.0. The molecule has 0 unspecified atom stereocenters. The number of ketones is 2. The maximum atomic E-state index is 14.7. The van der Waals surface area contributed by atoms with Gasteiger partial charge in [-0.2, -0.15) is 5.26 Å². The molecule has 7 nitrogen and oxygen atoms in total. The fourth-order valence-corrected chi connectivity index (χ4v) is 10.9. The summed E-state index contributed by atoms with van der Waals surface area (Å²) in [7, 11) is 1.35. The van der Waals surface area contributed by atoms with Crippen LogP contribution in [-0.2, 0) is 23.9 Å². The number of amides is 1. The van der Waals surface area contributed by atoms with E-state index in [1.165, 1.54) is 7.11 Å². The van der Waals surface area contributed by atoms with E-state index < -0.39 is 33.7 Å². The molecular weight excluding hydrogens is 552 g/mol. The maximum absolute atomic E-state index is 14.7. The molecule has 0 aromatic heterocycles. The highest BCUT2D eigenvalue weighted by molar-refractivity contribution is 6.04. The smallest absolute Gasteiger partial charge is 0.328 e. The average Bonchev–Trinajstić information content (AvgIpc) is 2.94. The van der Waals surface area contributed by atoms with Crippen LogP contribution in [0.1, 0.15) is 107 Å². The number of fused-ring (bicyclic) bond motifs is 7. The van der Waals surface area contributed by atoms with Crippen LogP contribution in [0.5, 0.6) is 0 Å². The highest BCUT2D eigenvalue weighted by Crippen LogP contribution is 2.74. The number of carbonyl (C=O) groups is 4. The van der Waals surface area contributed by atoms with Gasteiger partial charge in [0.2, 0.25) is 5.91 Å². The van der Waals surface area contributed by atoms with Crippen molar-refractivity contribution >= 4 is 23.4 Å². The van der Waals surface area contributed by atoms with E-state index in [-0.39, 0.29) is 57.5 Å². The van der Waals surface area contributed by atoms with Crippen LogP contribution >= 0.6 is 0 Å². The largest absolute Gasteiger partial charge is 0.467 e. The highest BCUT2D eigenvalue weighted by atomic mass is 16.5.